The van der Waals surface area contributed by atoms with Crippen molar-refractivity contribution < 1.29 is 4.74 Å². The van der Waals surface area contributed by atoms with Crippen LogP contribution in [-0.2, 0) is 4.74 Å². The molecule has 2 aliphatic heterocycles. The number of nitrogens with zero attached hydrogens (tertiary/aromatic N) is 5. The zero-order valence-corrected chi connectivity index (χ0v) is 16.3. The van der Waals surface area contributed by atoms with Crippen LogP contribution in [0.25, 0.3) is 4.96 Å². The van der Waals surface area contributed by atoms with Crippen LogP contribution in [0.4, 0.5) is 5.13 Å². The Morgan fingerprint density at radius 3 is 2.65 bits per heavy atom. The molecule has 2 aromatic rings. The van der Waals surface area contributed by atoms with E-state index < -0.39 is 0 Å². The van der Waals surface area contributed by atoms with Gasteiger partial charge in [0.25, 0.3) is 5.56 Å². The SMILES string of the molecule is CC1CN(CCC2CCN(c3nn4c(=O)ccnc4s3)CC2)CC(C)O1. The van der Waals surface area contributed by atoms with Crippen molar-refractivity contribution in [1.29, 1.82) is 0 Å². The molecule has 2 unspecified atom stereocenters. The van der Waals surface area contributed by atoms with Gasteiger partial charge in [0.15, 0.2) is 0 Å². The predicted molar refractivity (Wildman–Crippen MR) is 103 cm³/mol. The third-order valence-electron chi connectivity index (χ3n) is 5.39. The fourth-order valence-electron chi connectivity index (χ4n) is 4.11. The first-order chi connectivity index (χ1) is 12.6. The Labute approximate surface area is 157 Å². The molecular weight excluding hydrogens is 350 g/mol. The summed E-state index contributed by atoms with van der Waals surface area (Å²) in [6, 6.07) is 1.45. The standard InChI is InChI=1S/C18H27N5O2S/c1-13-11-21(12-14(2)25-13)8-4-15-5-9-22(10-6-15)18-20-23-16(24)3-7-19-17(23)26-18/h3,7,13-15H,4-6,8-12H2,1-2H3. The van der Waals surface area contributed by atoms with Crippen molar-refractivity contribution in [1.82, 2.24) is 19.5 Å². The molecule has 142 valence electrons. The molecule has 4 rings (SSSR count). The fourth-order valence-corrected chi connectivity index (χ4v) is 5.03. The predicted octanol–water partition coefficient (Wildman–Crippen LogP) is 1.87. The lowest BCUT2D eigenvalue weighted by atomic mass is 9.93. The number of rotatable bonds is 4. The van der Waals surface area contributed by atoms with E-state index in [1.54, 1.807) is 6.20 Å². The first-order valence-electron chi connectivity index (χ1n) is 9.56. The van der Waals surface area contributed by atoms with E-state index in [-0.39, 0.29) is 5.56 Å². The molecule has 0 amide bonds. The molecular formula is C18H27N5O2S. The van der Waals surface area contributed by atoms with Gasteiger partial charge in [-0.25, -0.2) is 4.98 Å². The first-order valence-corrected chi connectivity index (χ1v) is 10.4. The summed E-state index contributed by atoms with van der Waals surface area (Å²) < 4.78 is 7.23. The van der Waals surface area contributed by atoms with Gasteiger partial charge in [0.2, 0.25) is 10.1 Å². The number of piperidine rings is 1. The van der Waals surface area contributed by atoms with Crippen molar-refractivity contribution in [3.8, 4) is 0 Å². The smallest absolute Gasteiger partial charge is 0.275 e. The number of aromatic nitrogens is 3. The van der Waals surface area contributed by atoms with E-state index in [1.807, 2.05) is 0 Å². The van der Waals surface area contributed by atoms with Gasteiger partial charge < -0.3 is 9.64 Å². The number of anilines is 1. The second kappa shape index (κ2) is 7.62. The van der Waals surface area contributed by atoms with Crippen LogP contribution in [0.15, 0.2) is 17.1 Å². The number of morpholine rings is 1. The summed E-state index contributed by atoms with van der Waals surface area (Å²) in [7, 11) is 0. The summed E-state index contributed by atoms with van der Waals surface area (Å²) in [5.41, 5.74) is -0.110. The average molecular weight is 378 g/mol. The Morgan fingerprint density at radius 2 is 1.96 bits per heavy atom. The van der Waals surface area contributed by atoms with Crippen LogP contribution in [0, 0.1) is 5.92 Å². The van der Waals surface area contributed by atoms with Crippen molar-refractivity contribution in [3.05, 3.63) is 22.6 Å². The molecule has 0 saturated carbocycles. The summed E-state index contributed by atoms with van der Waals surface area (Å²) in [6.07, 6.45) is 5.88. The zero-order valence-electron chi connectivity index (χ0n) is 15.5. The molecule has 0 aliphatic carbocycles. The third kappa shape index (κ3) is 3.92. The topological polar surface area (TPSA) is 63.0 Å². The van der Waals surface area contributed by atoms with E-state index in [0.717, 1.165) is 37.2 Å². The molecule has 26 heavy (non-hydrogen) atoms. The van der Waals surface area contributed by atoms with Crippen LogP contribution in [0.3, 0.4) is 0 Å². The van der Waals surface area contributed by atoms with Gasteiger partial charge in [-0.15, -0.1) is 5.10 Å². The number of fused-ring (bicyclic) bond motifs is 1. The Balaban J connectivity index is 1.29. The minimum Gasteiger partial charge on any atom is -0.373 e. The van der Waals surface area contributed by atoms with E-state index in [4.69, 9.17) is 4.74 Å². The molecule has 2 atom stereocenters. The summed E-state index contributed by atoms with van der Waals surface area (Å²) in [5.74, 6) is 0.773. The second-order valence-corrected chi connectivity index (χ2v) is 8.53. The van der Waals surface area contributed by atoms with Crippen molar-refractivity contribution in [2.24, 2.45) is 5.92 Å². The number of ether oxygens (including phenoxy) is 1. The van der Waals surface area contributed by atoms with Crippen LogP contribution in [0.5, 0.6) is 0 Å². The van der Waals surface area contributed by atoms with E-state index in [9.17, 15) is 4.79 Å². The van der Waals surface area contributed by atoms with Gasteiger partial charge in [0.05, 0.1) is 12.2 Å². The van der Waals surface area contributed by atoms with Gasteiger partial charge in [0.1, 0.15) is 0 Å². The van der Waals surface area contributed by atoms with Crippen LogP contribution in [0.2, 0.25) is 0 Å². The highest BCUT2D eigenvalue weighted by Gasteiger charge is 2.25. The summed E-state index contributed by atoms with van der Waals surface area (Å²) in [4.78, 5) is 21.6. The Morgan fingerprint density at radius 1 is 1.23 bits per heavy atom. The minimum absolute atomic E-state index is 0.110. The normalized spacial score (nSPS) is 25.8. The van der Waals surface area contributed by atoms with Crippen molar-refractivity contribution >= 4 is 21.4 Å². The number of hydrogen-bond donors (Lipinski definition) is 0. The van der Waals surface area contributed by atoms with Gasteiger partial charge in [0, 0.05) is 38.4 Å². The highest BCUT2D eigenvalue weighted by atomic mass is 32.1. The quantitative estimate of drug-likeness (QED) is 0.811. The largest absolute Gasteiger partial charge is 0.373 e. The highest BCUT2D eigenvalue weighted by molar-refractivity contribution is 7.20. The molecule has 2 saturated heterocycles. The lowest BCUT2D eigenvalue weighted by Gasteiger charge is -2.37. The first kappa shape index (κ1) is 17.9. The third-order valence-corrected chi connectivity index (χ3v) is 6.38. The molecule has 2 fully saturated rings. The average Bonchev–Trinajstić information content (AvgIpc) is 3.05. The van der Waals surface area contributed by atoms with Crippen LogP contribution >= 0.6 is 11.3 Å². The van der Waals surface area contributed by atoms with Gasteiger partial charge in [-0.1, -0.05) is 11.3 Å². The second-order valence-electron chi connectivity index (χ2n) is 7.60. The van der Waals surface area contributed by atoms with E-state index in [1.165, 1.54) is 47.7 Å². The maximum absolute atomic E-state index is 11.8. The maximum atomic E-state index is 11.8. The molecule has 8 heteroatoms. The Bertz CT molecular complexity index is 788. The summed E-state index contributed by atoms with van der Waals surface area (Å²) >= 11 is 1.50. The van der Waals surface area contributed by atoms with Crippen molar-refractivity contribution in [2.45, 2.75) is 45.3 Å². The van der Waals surface area contributed by atoms with Gasteiger partial charge in [-0.05, 0) is 45.6 Å². The van der Waals surface area contributed by atoms with Gasteiger partial charge in [-0.3, -0.25) is 9.69 Å². The highest BCUT2D eigenvalue weighted by Crippen LogP contribution is 2.28. The lowest BCUT2D eigenvalue weighted by molar-refractivity contribution is -0.0690. The molecule has 0 radical (unpaired) electrons. The summed E-state index contributed by atoms with van der Waals surface area (Å²) in [5, 5.41) is 5.37. The van der Waals surface area contributed by atoms with Crippen LogP contribution < -0.4 is 10.5 Å². The van der Waals surface area contributed by atoms with E-state index >= 15 is 0 Å². The molecule has 2 aromatic heterocycles. The minimum atomic E-state index is -0.110. The molecule has 4 heterocycles. The number of hydrogen-bond acceptors (Lipinski definition) is 7. The Kier molecular flexibility index (Phi) is 5.24. The zero-order chi connectivity index (χ0) is 18.1. The Hall–Kier alpha value is -1.51. The molecule has 0 N–H and O–H groups in total. The molecule has 0 aromatic carbocycles. The molecule has 0 bridgehead atoms. The van der Waals surface area contributed by atoms with Gasteiger partial charge in [-0.2, -0.15) is 4.52 Å². The molecule has 2 aliphatic rings. The molecule has 7 nitrogen and oxygen atoms in total. The molecule has 0 spiro atoms. The van der Waals surface area contributed by atoms with E-state index in [2.05, 4.69) is 33.7 Å². The van der Waals surface area contributed by atoms with Gasteiger partial charge >= 0.3 is 0 Å². The monoisotopic (exact) mass is 377 g/mol. The summed E-state index contributed by atoms with van der Waals surface area (Å²) in [6.45, 7) is 9.62. The van der Waals surface area contributed by atoms with Crippen LogP contribution in [0.1, 0.15) is 33.1 Å². The fraction of sp³-hybridized carbons (Fsp3) is 0.722. The van der Waals surface area contributed by atoms with Crippen molar-refractivity contribution in [3.63, 3.8) is 0 Å². The maximum Gasteiger partial charge on any atom is 0.275 e. The van der Waals surface area contributed by atoms with Crippen molar-refractivity contribution in [2.75, 3.05) is 37.6 Å². The van der Waals surface area contributed by atoms with E-state index in [0.29, 0.717) is 17.2 Å². The lowest BCUT2D eigenvalue weighted by Crippen LogP contribution is -2.46. The van der Waals surface area contributed by atoms with Crippen LogP contribution in [-0.4, -0.2) is 64.4 Å².